The number of nitrogens with one attached hydrogen (secondary N) is 2. The zero-order valence-corrected chi connectivity index (χ0v) is 16.7. The van der Waals surface area contributed by atoms with Gasteiger partial charge in [0.2, 0.25) is 0 Å². The van der Waals surface area contributed by atoms with Gasteiger partial charge in [-0.15, -0.1) is 0 Å². The molecule has 0 radical (unpaired) electrons. The van der Waals surface area contributed by atoms with Gasteiger partial charge in [0.05, 0.1) is 6.04 Å². The van der Waals surface area contributed by atoms with Gasteiger partial charge in [0.25, 0.3) is 0 Å². The number of rotatable bonds is 6. The summed E-state index contributed by atoms with van der Waals surface area (Å²) in [5.74, 6) is -1.04. The highest BCUT2D eigenvalue weighted by Gasteiger charge is 2.46. The zero-order valence-electron chi connectivity index (χ0n) is 16.7. The molecule has 2 nitrogen and oxygen atoms in total. The summed E-state index contributed by atoms with van der Waals surface area (Å²) in [5.41, 5.74) is 0.878. The SMILES string of the molecule is Fc1ccc(N[C@H]([C@@H](Nc2ccc(F)cc2)c2cccc3ccccc23)C(F)(F)F)cc1. The monoisotopic (exact) mass is 442 g/mol. The maximum absolute atomic E-state index is 14.4. The van der Waals surface area contributed by atoms with E-state index < -0.39 is 29.9 Å². The Bertz CT molecular complexity index is 1180. The molecule has 0 aromatic heterocycles. The Morgan fingerprint density at radius 1 is 0.594 bits per heavy atom. The number of fused-ring (bicyclic) bond motifs is 1. The van der Waals surface area contributed by atoms with Crippen LogP contribution in [0.25, 0.3) is 10.8 Å². The molecule has 0 heterocycles. The van der Waals surface area contributed by atoms with Crippen molar-refractivity contribution < 1.29 is 22.0 Å². The van der Waals surface area contributed by atoms with Crippen molar-refractivity contribution in [2.75, 3.05) is 10.6 Å². The van der Waals surface area contributed by atoms with Crippen LogP contribution < -0.4 is 10.6 Å². The van der Waals surface area contributed by atoms with Crippen LogP contribution in [-0.2, 0) is 0 Å². The van der Waals surface area contributed by atoms with E-state index in [4.69, 9.17) is 0 Å². The highest BCUT2D eigenvalue weighted by molar-refractivity contribution is 5.86. The lowest BCUT2D eigenvalue weighted by molar-refractivity contribution is -0.145. The summed E-state index contributed by atoms with van der Waals surface area (Å²) in [6, 6.07) is 18.8. The van der Waals surface area contributed by atoms with Gasteiger partial charge in [-0.2, -0.15) is 13.2 Å². The highest BCUT2D eigenvalue weighted by Crippen LogP contribution is 2.38. The second-order valence-electron chi connectivity index (χ2n) is 7.37. The van der Waals surface area contributed by atoms with Gasteiger partial charge in [-0.1, -0.05) is 42.5 Å². The largest absolute Gasteiger partial charge is 0.410 e. The molecule has 0 spiro atoms. The van der Waals surface area contributed by atoms with Gasteiger partial charge < -0.3 is 10.6 Å². The third kappa shape index (κ3) is 4.82. The predicted octanol–water partition coefficient (Wildman–Crippen LogP) is 7.31. The fraction of sp³-hybridized carbons (Fsp3) is 0.120. The van der Waals surface area contributed by atoms with Crippen molar-refractivity contribution in [3.8, 4) is 0 Å². The average molecular weight is 442 g/mol. The van der Waals surface area contributed by atoms with Crippen molar-refractivity contribution in [1.82, 2.24) is 0 Å². The number of benzene rings is 4. The topological polar surface area (TPSA) is 24.1 Å². The van der Waals surface area contributed by atoms with E-state index in [2.05, 4.69) is 10.6 Å². The molecule has 0 bridgehead atoms. The van der Waals surface area contributed by atoms with E-state index in [1.165, 1.54) is 36.4 Å². The quantitative estimate of drug-likeness (QED) is 0.306. The minimum atomic E-state index is -4.66. The standard InChI is InChI=1S/C25H19F5N2/c26-17-8-12-19(13-9-17)31-23(22-7-3-5-16-4-1-2-6-21(16)22)24(25(28,29)30)32-20-14-10-18(27)11-15-20/h1-15,23-24,31-32H/t23-,24+/m0/s1. The van der Waals surface area contributed by atoms with E-state index in [1.54, 1.807) is 24.3 Å². The molecule has 2 atom stereocenters. The lowest BCUT2D eigenvalue weighted by Crippen LogP contribution is -2.44. The van der Waals surface area contributed by atoms with Gasteiger partial charge in [0.1, 0.15) is 17.7 Å². The molecule has 32 heavy (non-hydrogen) atoms. The Morgan fingerprint density at radius 3 is 1.72 bits per heavy atom. The third-order valence-corrected chi connectivity index (χ3v) is 5.18. The summed E-state index contributed by atoms with van der Waals surface area (Å²) in [6.45, 7) is 0. The lowest BCUT2D eigenvalue weighted by Gasteiger charge is -2.33. The number of halogens is 5. The van der Waals surface area contributed by atoms with Crippen LogP contribution in [0.15, 0.2) is 91.0 Å². The predicted molar refractivity (Wildman–Crippen MR) is 117 cm³/mol. The number of hydrogen-bond donors (Lipinski definition) is 2. The maximum Gasteiger partial charge on any atom is 0.410 e. The molecule has 0 saturated carbocycles. The van der Waals surface area contributed by atoms with Crippen LogP contribution >= 0.6 is 0 Å². The third-order valence-electron chi connectivity index (χ3n) is 5.18. The molecule has 4 aromatic rings. The van der Waals surface area contributed by atoms with Crippen molar-refractivity contribution in [1.29, 1.82) is 0 Å². The number of hydrogen-bond acceptors (Lipinski definition) is 2. The van der Waals surface area contributed by atoms with E-state index >= 15 is 0 Å². The molecule has 0 fully saturated rings. The molecule has 7 heteroatoms. The first-order valence-corrected chi connectivity index (χ1v) is 9.90. The highest BCUT2D eigenvalue weighted by atomic mass is 19.4. The van der Waals surface area contributed by atoms with Crippen LogP contribution in [0, 0.1) is 11.6 Å². The summed E-state index contributed by atoms with van der Waals surface area (Å²) < 4.78 is 69.7. The van der Waals surface area contributed by atoms with Gasteiger partial charge >= 0.3 is 6.18 Å². The molecule has 2 N–H and O–H groups in total. The summed E-state index contributed by atoms with van der Waals surface area (Å²) in [6.07, 6.45) is -4.66. The molecule has 0 saturated heterocycles. The smallest absolute Gasteiger partial charge is 0.376 e. The first-order chi connectivity index (χ1) is 15.3. The summed E-state index contributed by atoms with van der Waals surface area (Å²) >= 11 is 0. The first-order valence-electron chi connectivity index (χ1n) is 9.90. The van der Waals surface area contributed by atoms with E-state index in [9.17, 15) is 22.0 Å². The molecule has 4 aromatic carbocycles. The van der Waals surface area contributed by atoms with Gasteiger partial charge in [-0.3, -0.25) is 0 Å². The molecular weight excluding hydrogens is 423 g/mol. The van der Waals surface area contributed by atoms with Gasteiger partial charge in [-0.05, 0) is 64.9 Å². The van der Waals surface area contributed by atoms with Crippen molar-refractivity contribution in [3.05, 3.63) is 108 Å². The second kappa shape index (κ2) is 8.86. The molecule has 0 aliphatic carbocycles. The van der Waals surface area contributed by atoms with Crippen molar-refractivity contribution in [2.45, 2.75) is 18.3 Å². The molecule has 0 aliphatic heterocycles. The molecule has 4 rings (SSSR count). The summed E-state index contributed by atoms with van der Waals surface area (Å²) in [4.78, 5) is 0. The van der Waals surface area contributed by atoms with Crippen LogP contribution in [-0.4, -0.2) is 12.2 Å². The molecular formula is C25H19F5N2. The minimum Gasteiger partial charge on any atom is -0.376 e. The Balaban J connectivity index is 1.83. The molecule has 164 valence electrons. The van der Waals surface area contributed by atoms with E-state index in [-0.39, 0.29) is 5.69 Å². The van der Waals surface area contributed by atoms with Crippen molar-refractivity contribution in [2.24, 2.45) is 0 Å². The van der Waals surface area contributed by atoms with Gasteiger partial charge in [0, 0.05) is 11.4 Å². The lowest BCUT2D eigenvalue weighted by atomic mass is 9.93. The first kappa shape index (κ1) is 21.6. The fourth-order valence-electron chi connectivity index (χ4n) is 3.67. The van der Waals surface area contributed by atoms with Crippen LogP contribution in [0.2, 0.25) is 0 Å². The van der Waals surface area contributed by atoms with Crippen molar-refractivity contribution in [3.63, 3.8) is 0 Å². The number of alkyl halides is 3. The molecule has 0 amide bonds. The van der Waals surface area contributed by atoms with Crippen LogP contribution in [0.3, 0.4) is 0 Å². The van der Waals surface area contributed by atoms with E-state index in [0.29, 0.717) is 16.6 Å². The summed E-state index contributed by atoms with van der Waals surface area (Å²) in [7, 11) is 0. The molecule has 0 aliphatic rings. The van der Waals surface area contributed by atoms with E-state index in [1.807, 2.05) is 18.2 Å². The normalized spacial score (nSPS) is 13.5. The fourth-order valence-corrected chi connectivity index (χ4v) is 3.67. The second-order valence-corrected chi connectivity index (χ2v) is 7.37. The Morgan fingerprint density at radius 2 is 1.12 bits per heavy atom. The Labute approximate surface area is 181 Å². The van der Waals surface area contributed by atoms with E-state index in [0.717, 1.165) is 17.5 Å². The van der Waals surface area contributed by atoms with Crippen LogP contribution in [0.4, 0.5) is 33.3 Å². The Hall–Kier alpha value is -3.61. The van der Waals surface area contributed by atoms with Gasteiger partial charge in [-0.25, -0.2) is 8.78 Å². The Kier molecular flexibility index (Phi) is 5.99. The van der Waals surface area contributed by atoms with Crippen molar-refractivity contribution >= 4 is 22.1 Å². The van der Waals surface area contributed by atoms with Crippen LogP contribution in [0.1, 0.15) is 11.6 Å². The van der Waals surface area contributed by atoms with Crippen LogP contribution in [0.5, 0.6) is 0 Å². The zero-order chi connectivity index (χ0) is 22.7. The maximum atomic E-state index is 14.4. The average Bonchev–Trinajstić information content (AvgIpc) is 2.78. The molecule has 0 unspecified atom stereocenters. The minimum absolute atomic E-state index is 0.125. The number of anilines is 2. The van der Waals surface area contributed by atoms with Gasteiger partial charge in [0.15, 0.2) is 0 Å². The summed E-state index contributed by atoms with van der Waals surface area (Å²) in [5, 5.41) is 6.89.